The van der Waals surface area contributed by atoms with Gasteiger partial charge < -0.3 is 5.73 Å². The third-order valence-corrected chi connectivity index (χ3v) is 3.25. The molecule has 86 valence electrons. The van der Waals surface area contributed by atoms with Crippen molar-refractivity contribution >= 4 is 0 Å². The SMILES string of the molecule is NC1CCc2nc(-c3ccccc3F)ccc21. The molecule has 1 aromatic heterocycles. The lowest BCUT2D eigenvalue weighted by atomic mass is 10.1. The number of fused-ring (bicyclic) bond motifs is 1. The molecule has 0 saturated carbocycles. The summed E-state index contributed by atoms with van der Waals surface area (Å²) >= 11 is 0. The van der Waals surface area contributed by atoms with Gasteiger partial charge >= 0.3 is 0 Å². The maximum atomic E-state index is 13.6. The minimum absolute atomic E-state index is 0.0900. The average molecular weight is 228 g/mol. The predicted octanol–water partition coefficient (Wildman–Crippen LogP) is 2.83. The number of benzene rings is 1. The molecule has 1 aromatic carbocycles. The van der Waals surface area contributed by atoms with Crippen LogP contribution in [0.5, 0.6) is 0 Å². The zero-order valence-corrected chi connectivity index (χ0v) is 9.36. The summed E-state index contributed by atoms with van der Waals surface area (Å²) in [6.45, 7) is 0. The Balaban J connectivity index is 2.09. The molecular weight excluding hydrogens is 215 g/mol. The Morgan fingerprint density at radius 1 is 1.18 bits per heavy atom. The van der Waals surface area contributed by atoms with Crippen molar-refractivity contribution in [2.24, 2.45) is 5.73 Å². The van der Waals surface area contributed by atoms with Gasteiger partial charge in [-0.1, -0.05) is 18.2 Å². The molecule has 2 nitrogen and oxygen atoms in total. The molecule has 0 bridgehead atoms. The van der Waals surface area contributed by atoms with Crippen LogP contribution in [0.3, 0.4) is 0 Å². The Labute approximate surface area is 99.3 Å². The predicted molar refractivity (Wildman–Crippen MR) is 64.9 cm³/mol. The van der Waals surface area contributed by atoms with Gasteiger partial charge in [0.1, 0.15) is 5.82 Å². The molecule has 0 saturated heterocycles. The number of aryl methyl sites for hydroxylation is 1. The van der Waals surface area contributed by atoms with E-state index < -0.39 is 0 Å². The Kier molecular flexibility index (Phi) is 2.41. The molecular formula is C14H13FN2. The number of nitrogens with zero attached hydrogens (tertiary/aromatic N) is 1. The van der Waals surface area contributed by atoms with Gasteiger partial charge in [-0.05, 0) is 36.6 Å². The summed E-state index contributed by atoms with van der Waals surface area (Å²) in [7, 11) is 0. The monoisotopic (exact) mass is 228 g/mol. The Morgan fingerprint density at radius 2 is 2.00 bits per heavy atom. The fourth-order valence-corrected chi connectivity index (χ4v) is 2.32. The molecule has 0 aliphatic heterocycles. The second kappa shape index (κ2) is 3.93. The van der Waals surface area contributed by atoms with Crippen LogP contribution in [-0.2, 0) is 6.42 Å². The van der Waals surface area contributed by atoms with E-state index in [0.717, 1.165) is 24.1 Å². The van der Waals surface area contributed by atoms with Crippen molar-refractivity contribution in [3.05, 3.63) is 53.5 Å². The molecule has 0 radical (unpaired) electrons. The van der Waals surface area contributed by atoms with Crippen LogP contribution in [0.1, 0.15) is 23.7 Å². The van der Waals surface area contributed by atoms with E-state index in [9.17, 15) is 4.39 Å². The highest BCUT2D eigenvalue weighted by Crippen LogP contribution is 2.30. The smallest absolute Gasteiger partial charge is 0.132 e. The Hall–Kier alpha value is -1.74. The molecule has 2 aromatic rings. The van der Waals surface area contributed by atoms with Crippen LogP contribution in [-0.4, -0.2) is 4.98 Å². The van der Waals surface area contributed by atoms with E-state index in [1.807, 2.05) is 18.2 Å². The van der Waals surface area contributed by atoms with Crippen LogP contribution in [0.2, 0.25) is 0 Å². The number of pyridine rings is 1. The summed E-state index contributed by atoms with van der Waals surface area (Å²) in [5, 5.41) is 0. The zero-order valence-electron chi connectivity index (χ0n) is 9.36. The van der Waals surface area contributed by atoms with Gasteiger partial charge in [0.2, 0.25) is 0 Å². The standard InChI is InChI=1S/C14H13FN2/c15-11-4-2-1-3-9(11)13-7-5-10-12(16)6-8-14(10)17-13/h1-5,7,12H,6,8,16H2. The zero-order chi connectivity index (χ0) is 11.8. The van der Waals surface area contributed by atoms with Crippen LogP contribution in [0.15, 0.2) is 36.4 Å². The second-order valence-corrected chi connectivity index (χ2v) is 4.36. The lowest BCUT2D eigenvalue weighted by Crippen LogP contribution is -2.05. The van der Waals surface area contributed by atoms with Gasteiger partial charge in [0.25, 0.3) is 0 Å². The highest BCUT2D eigenvalue weighted by atomic mass is 19.1. The first-order valence-electron chi connectivity index (χ1n) is 5.76. The van der Waals surface area contributed by atoms with Crippen molar-refractivity contribution in [2.45, 2.75) is 18.9 Å². The van der Waals surface area contributed by atoms with Crippen molar-refractivity contribution in [3.63, 3.8) is 0 Å². The lowest BCUT2D eigenvalue weighted by Gasteiger charge is -2.07. The minimum Gasteiger partial charge on any atom is -0.324 e. The van der Waals surface area contributed by atoms with Gasteiger partial charge in [0, 0.05) is 17.3 Å². The molecule has 0 fully saturated rings. The summed E-state index contributed by atoms with van der Waals surface area (Å²) in [6.07, 6.45) is 1.82. The quantitative estimate of drug-likeness (QED) is 0.815. The van der Waals surface area contributed by atoms with Crippen molar-refractivity contribution in [3.8, 4) is 11.3 Å². The van der Waals surface area contributed by atoms with Crippen LogP contribution < -0.4 is 5.73 Å². The van der Waals surface area contributed by atoms with Gasteiger partial charge in [-0.3, -0.25) is 4.98 Å². The van der Waals surface area contributed by atoms with E-state index in [-0.39, 0.29) is 11.9 Å². The third-order valence-electron chi connectivity index (χ3n) is 3.25. The van der Waals surface area contributed by atoms with Crippen LogP contribution in [0, 0.1) is 5.82 Å². The molecule has 1 aliphatic rings. The molecule has 1 aliphatic carbocycles. The van der Waals surface area contributed by atoms with E-state index in [4.69, 9.17) is 5.73 Å². The number of nitrogens with two attached hydrogens (primary N) is 1. The number of hydrogen-bond acceptors (Lipinski definition) is 2. The van der Waals surface area contributed by atoms with Gasteiger partial charge in [0.05, 0.1) is 5.69 Å². The summed E-state index contributed by atoms with van der Waals surface area (Å²) in [6, 6.07) is 10.6. The highest BCUT2D eigenvalue weighted by Gasteiger charge is 2.20. The number of aromatic nitrogens is 1. The Bertz CT molecular complexity index is 566. The molecule has 3 rings (SSSR count). The van der Waals surface area contributed by atoms with Gasteiger partial charge in [0.15, 0.2) is 0 Å². The molecule has 1 atom stereocenters. The highest BCUT2D eigenvalue weighted by molar-refractivity contribution is 5.60. The average Bonchev–Trinajstić information content (AvgIpc) is 2.71. The van der Waals surface area contributed by atoms with Crippen molar-refractivity contribution in [1.29, 1.82) is 0 Å². The van der Waals surface area contributed by atoms with E-state index >= 15 is 0 Å². The van der Waals surface area contributed by atoms with Crippen molar-refractivity contribution in [1.82, 2.24) is 4.98 Å². The molecule has 17 heavy (non-hydrogen) atoms. The number of rotatable bonds is 1. The fourth-order valence-electron chi connectivity index (χ4n) is 2.32. The first-order valence-corrected chi connectivity index (χ1v) is 5.76. The van der Waals surface area contributed by atoms with Crippen LogP contribution in [0.4, 0.5) is 4.39 Å². The van der Waals surface area contributed by atoms with Crippen molar-refractivity contribution in [2.75, 3.05) is 0 Å². The maximum Gasteiger partial charge on any atom is 0.132 e. The molecule has 1 unspecified atom stereocenters. The molecule has 1 heterocycles. The van der Waals surface area contributed by atoms with E-state index in [0.29, 0.717) is 11.3 Å². The van der Waals surface area contributed by atoms with E-state index in [1.54, 1.807) is 12.1 Å². The maximum absolute atomic E-state index is 13.6. The summed E-state index contributed by atoms with van der Waals surface area (Å²) in [5.41, 5.74) is 9.31. The first kappa shape index (κ1) is 10.4. The number of halogens is 1. The summed E-state index contributed by atoms with van der Waals surface area (Å²) in [4.78, 5) is 4.51. The minimum atomic E-state index is -0.234. The topological polar surface area (TPSA) is 38.9 Å². The molecule has 3 heteroatoms. The molecule has 2 N–H and O–H groups in total. The second-order valence-electron chi connectivity index (χ2n) is 4.36. The summed E-state index contributed by atoms with van der Waals surface area (Å²) < 4.78 is 13.6. The van der Waals surface area contributed by atoms with Gasteiger partial charge in [-0.25, -0.2) is 4.39 Å². The summed E-state index contributed by atoms with van der Waals surface area (Å²) in [5.74, 6) is -0.234. The van der Waals surface area contributed by atoms with Crippen LogP contribution in [0.25, 0.3) is 11.3 Å². The van der Waals surface area contributed by atoms with Gasteiger partial charge in [-0.15, -0.1) is 0 Å². The van der Waals surface area contributed by atoms with E-state index in [2.05, 4.69) is 4.98 Å². The molecule has 0 amide bonds. The van der Waals surface area contributed by atoms with E-state index in [1.165, 1.54) is 6.07 Å². The normalized spacial score (nSPS) is 18.1. The first-order chi connectivity index (χ1) is 8.25. The van der Waals surface area contributed by atoms with Gasteiger partial charge in [-0.2, -0.15) is 0 Å². The largest absolute Gasteiger partial charge is 0.324 e. The van der Waals surface area contributed by atoms with Crippen molar-refractivity contribution < 1.29 is 4.39 Å². The molecule has 0 spiro atoms. The fraction of sp³-hybridized carbons (Fsp3) is 0.214. The third kappa shape index (κ3) is 1.72. The lowest BCUT2D eigenvalue weighted by molar-refractivity contribution is 0.630. The number of hydrogen-bond donors (Lipinski definition) is 1. The van der Waals surface area contributed by atoms with Crippen LogP contribution >= 0.6 is 0 Å². The Morgan fingerprint density at radius 3 is 2.82 bits per heavy atom.